The third kappa shape index (κ3) is 2.64. The number of hydrogen-bond donors (Lipinski definition) is 0. The summed E-state index contributed by atoms with van der Waals surface area (Å²) in [7, 11) is 0. The van der Waals surface area contributed by atoms with Crippen LogP contribution in [0.4, 0.5) is 10.2 Å². The molecule has 2 nitrogen and oxygen atoms in total. The topological polar surface area (TPSA) is 16.1 Å². The van der Waals surface area contributed by atoms with Crippen LogP contribution in [0.2, 0.25) is 0 Å². The molecule has 0 radical (unpaired) electrons. The SMILES string of the molecule is C#Cc1ccc(N2CC[C@@H](C(C)C)[C@H](F)C2)nc1. The fourth-order valence-corrected chi connectivity index (χ4v) is 2.54. The van der Waals surface area contributed by atoms with Crippen molar-refractivity contribution < 1.29 is 4.39 Å². The van der Waals surface area contributed by atoms with Crippen LogP contribution in [0.15, 0.2) is 18.3 Å². The van der Waals surface area contributed by atoms with Gasteiger partial charge in [-0.2, -0.15) is 0 Å². The Morgan fingerprint density at radius 3 is 2.78 bits per heavy atom. The Balaban J connectivity index is 2.05. The van der Waals surface area contributed by atoms with Crippen LogP contribution in [0, 0.1) is 24.2 Å². The number of halogens is 1. The Bertz CT molecular complexity index is 433. The molecule has 1 aromatic heterocycles. The Kier molecular flexibility index (Phi) is 3.86. The van der Waals surface area contributed by atoms with Gasteiger partial charge in [0.25, 0.3) is 0 Å². The van der Waals surface area contributed by atoms with E-state index in [4.69, 9.17) is 6.42 Å². The van der Waals surface area contributed by atoms with Gasteiger partial charge in [-0.15, -0.1) is 6.42 Å². The lowest BCUT2D eigenvalue weighted by atomic mass is 9.85. The zero-order valence-electron chi connectivity index (χ0n) is 10.9. The number of hydrogen-bond acceptors (Lipinski definition) is 2. The van der Waals surface area contributed by atoms with E-state index >= 15 is 0 Å². The molecule has 3 heteroatoms. The van der Waals surface area contributed by atoms with Crippen molar-refractivity contribution in [1.29, 1.82) is 0 Å². The number of pyridine rings is 1. The number of piperidine rings is 1. The Morgan fingerprint density at radius 1 is 1.50 bits per heavy atom. The van der Waals surface area contributed by atoms with Gasteiger partial charge in [0.05, 0.1) is 6.54 Å². The lowest BCUT2D eigenvalue weighted by Crippen LogP contribution is -2.43. The van der Waals surface area contributed by atoms with Gasteiger partial charge in [-0.05, 0) is 30.4 Å². The molecule has 1 aromatic rings. The summed E-state index contributed by atoms with van der Waals surface area (Å²) in [6, 6.07) is 3.72. The lowest BCUT2D eigenvalue weighted by molar-refractivity contribution is 0.153. The molecule has 0 saturated carbocycles. The van der Waals surface area contributed by atoms with Gasteiger partial charge in [-0.1, -0.05) is 19.8 Å². The highest BCUT2D eigenvalue weighted by Crippen LogP contribution is 2.29. The maximum atomic E-state index is 14.1. The third-order valence-corrected chi connectivity index (χ3v) is 3.69. The largest absolute Gasteiger partial charge is 0.354 e. The second-order valence-electron chi connectivity index (χ2n) is 5.21. The standard InChI is InChI=1S/C15H19FN2/c1-4-12-5-6-15(17-9-12)18-8-7-13(11(2)3)14(16)10-18/h1,5-6,9,11,13-14H,7-8,10H2,2-3H3/t13-,14+/m0/s1. The van der Waals surface area contributed by atoms with E-state index in [1.54, 1.807) is 6.20 Å². The first-order valence-electron chi connectivity index (χ1n) is 6.43. The number of aromatic nitrogens is 1. The maximum absolute atomic E-state index is 14.1. The minimum Gasteiger partial charge on any atom is -0.354 e. The minimum absolute atomic E-state index is 0.172. The van der Waals surface area contributed by atoms with Gasteiger partial charge in [0.15, 0.2) is 0 Å². The van der Waals surface area contributed by atoms with E-state index in [0.29, 0.717) is 12.5 Å². The van der Waals surface area contributed by atoms with Crippen molar-refractivity contribution in [2.24, 2.45) is 11.8 Å². The van der Waals surface area contributed by atoms with Crippen LogP contribution in [-0.4, -0.2) is 24.2 Å². The van der Waals surface area contributed by atoms with E-state index in [1.165, 1.54) is 0 Å². The van der Waals surface area contributed by atoms with Crippen LogP contribution in [0.1, 0.15) is 25.8 Å². The first-order chi connectivity index (χ1) is 8.61. The van der Waals surface area contributed by atoms with Crippen molar-refractivity contribution in [2.45, 2.75) is 26.4 Å². The molecule has 0 unspecified atom stereocenters. The molecule has 0 aliphatic carbocycles. The zero-order chi connectivity index (χ0) is 13.1. The third-order valence-electron chi connectivity index (χ3n) is 3.69. The number of alkyl halides is 1. The summed E-state index contributed by atoms with van der Waals surface area (Å²) in [6.45, 7) is 5.48. The Morgan fingerprint density at radius 2 is 2.28 bits per heavy atom. The summed E-state index contributed by atoms with van der Waals surface area (Å²) in [4.78, 5) is 6.30. The number of nitrogens with zero attached hydrogens (tertiary/aromatic N) is 2. The molecule has 18 heavy (non-hydrogen) atoms. The van der Waals surface area contributed by atoms with E-state index in [1.807, 2.05) is 17.0 Å². The van der Waals surface area contributed by atoms with Crippen molar-refractivity contribution in [2.75, 3.05) is 18.0 Å². The van der Waals surface area contributed by atoms with Crippen LogP contribution >= 0.6 is 0 Å². The highest BCUT2D eigenvalue weighted by molar-refractivity contribution is 5.43. The molecule has 96 valence electrons. The van der Waals surface area contributed by atoms with E-state index in [9.17, 15) is 4.39 Å². The van der Waals surface area contributed by atoms with Gasteiger partial charge in [0, 0.05) is 18.3 Å². The molecule has 1 fully saturated rings. The Hall–Kier alpha value is -1.56. The van der Waals surface area contributed by atoms with E-state index in [-0.39, 0.29) is 5.92 Å². The molecule has 1 saturated heterocycles. The smallest absolute Gasteiger partial charge is 0.128 e. The van der Waals surface area contributed by atoms with E-state index in [0.717, 1.165) is 24.3 Å². The predicted octanol–water partition coefficient (Wildman–Crippen LogP) is 2.88. The summed E-state index contributed by atoms with van der Waals surface area (Å²) in [5.74, 6) is 3.93. The number of rotatable bonds is 2. The molecular weight excluding hydrogens is 227 g/mol. The van der Waals surface area contributed by atoms with Crippen LogP contribution in [-0.2, 0) is 0 Å². The highest BCUT2D eigenvalue weighted by atomic mass is 19.1. The first kappa shape index (κ1) is 12.9. The van der Waals surface area contributed by atoms with Crippen LogP contribution in [0.25, 0.3) is 0 Å². The summed E-state index contributed by atoms with van der Waals surface area (Å²) in [5, 5.41) is 0. The maximum Gasteiger partial charge on any atom is 0.128 e. The Labute approximate surface area is 108 Å². The minimum atomic E-state index is -0.770. The summed E-state index contributed by atoms with van der Waals surface area (Å²) < 4.78 is 14.1. The van der Waals surface area contributed by atoms with Gasteiger partial charge in [0.2, 0.25) is 0 Å². The van der Waals surface area contributed by atoms with Crippen LogP contribution < -0.4 is 4.90 Å². The first-order valence-corrected chi connectivity index (χ1v) is 6.43. The van der Waals surface area contributed by atoms with Gasteiger partial charge in [0.1, 0.15) is 12.0 Å². The van der Waals surface area contributed by atoms with E-state index < -0.39 is 6.17 Å². The molecular formula is C15H19FN2. The molecule has 0 amide bonds. The fraction of sp³-hybridized carbons (Fsp3) is 0.533. The van der Waals surface area contributed by atoms with Gasteiger partial charge >= 0.3 is 0 Å². The summed E-state index contributed by atoms with van der Waals surface area (Å²) in [6.07, 6.45) is 7.07. The molecule has 2 atom stereocenters. The highest BCUT2D eigenvalue weighted by Gasteiger charge is 2.31. The molecule has 2 rings (SSSR count). The average molecular weight is 246 g/mol. The average Bonchev–Trinajstić information content (AvgIpc) is 2.38. The second kappa shape index (κ2) is 5.39. The quantitative estimate of drug-likeness (QED) is 0.746. The predicted molar refractivity (Wildman–Crippen MR) is 72.2 cm³/mol. The summed E-state index contributed by atoms with van der Waals surface area (Å²) in [5.41, 5.74) is 0.757. The van der Waals surface area contributed by atoms with Crippen LogP contribution in [0.3, 0.4) is 0 Å². The molecule has 0 spiro atoms. The van der Waals surface area contributed by atoms with Crippen molar-refractivity contribution in [3.05, 3.63) is 23.9 Å². The number of anilines is 1. The van der Waals surface area contributed by atoms with Gasteiger partial charge in [-0.3, -0.25) is 0 Å². The van der Waals surface area contributed by atoms with Crippen molar-refractivity contribution >= 4 is 5.82 Å². The van der Waals surface area contributed by atoms with Crippen molar-refractivity contribution in [3.63, 3.8) is 0 Å². The number of terminal acetylenes is 1. The van der Waals surface area contributed by atoms with Crippen molar-refractivity contribution in [3.8, 4) is 12.3 Å². The van der Waals surface area contributed by atoms with Gasteiger partial charge < -0.3 is 4.90 Å². The lowest BCUT2D eigenvalue weighted by Gasteiger charge is -2.37. The van der Waals surface area contributed by atoms with Crippen LogP contribution in [0.5, 0.6) is 0 Å². The molecule has 0 N–H and O–H groups in total. The zero-order valence-corrected chi connectivity index (χ0v) is 10.9. The molecule has 0 bridgehead atoms. The monoisotopic (exact) mass is 246 g/mol. The molecule has 1 aliphatic heterocycles. The fourth-order valence-electron chi connectivity index (χ4n) is 2.54. The summed E-state index contributed by atoms with van der Waals surface area (Å²) >= 11 is 0. The van der Waals surface area contributed by atoms with Gasteiger partial charge in [-0.25, -0.2) is 9.37 Å². The normalized spacial score (nSPS) is 24.1. The van der Waals surface area contributed by atoms with Crippen molar-refractivity contribution in [1.82, 2.24) is 4.98 Å². The molecule has 2 heterocycles. The van der Waals surface area contributed by atoms with E-state index in [2.05, 4.69) is 24.8 Å². The second-order valence-corrected chi connectivity index (χ2v) is 5.21. The molecule has 1 aliphatic rings. The molecule has 0 aromatic carbocycles.